The van der Waals surface area contributed by atoms with Crippen LogP contribution in [0.15, 0.2) is 0 Å². The molecule has 0 fully saturated rings. The van der Waals surface area contributed by atoms with Crippen LogP contribution in [0.1, 0.15) is 116 Å². The van der Waals surface area contributed by atoms with Crippen molar-refractivity contribution in [3.63, 3.8) is 0 Å². The van der Waals surface area contributed by atoms with Crippen LogP contribution in [0.5, 0.6) is 0 Å². The SMILES string of the molecule is CC(=O)CCCCCCCCCCC(=O)CC(COCCC(=O)NCCCNC(=O)C(F)(F)F)(COCCC(=O)NCCCNC(=O)C(F)(F)F)COCCC(=O)NCCCNC(=O)C(F)(F)F. The van der Waals surface area contributed by atoms with Crippen molar-refractivity contribution in [1.82, 2.24) is 31.9 Å². The Kier molecular flexibility index (Phi) is 33.1. The van der Waals surface area contributed by atoms with Gasteiger partial charge in [0.05, 0.1) is 39.6 Å². The third kappa shape index (κ3) is 35.5. The number of unbranched alkanes of at least 4 members (excludes halogenated alkanes) is 7. The zero-order valence-corrected chi connectivity index (χ0v) is 38.4. The summed E-state index contributed by atoms with van der Waals surface area (Å²) in [5.41, 5.74) is -1.26. The molecule has 0 atom stereocenters. The Balaban J connectivity index is 5.62. The summed E-state index contributed by atoms with van der Waals surface area (Å²) in [5.74, 6) is -8.04. The van der Waals surface area contributed by atoms with Crippen molar-refractivity contribution >= 4 is 47.0 Å². The topological polar surface area (TPSA) is 236 Å². The maximum absolute atomic E-state index is 13.5. The summed E-state index contributed by atoms with van der Waals surface area (Å²) in [7, 11) is 0. The predicted molar refractivity (Wildman–Crippen MR) is 225 cm³/mol. The smallest absolute Gasteiger partial charge is 0.380 e. The average Bonchev–Trinajstić information content (AvgIpc) is 3.24. The van der Waals surface area contributed by atoms with E-state index >= 15 is 0 Å². The van der Waals surface area contributed by atoms with Gasteiger partial charge in [0.2, 0.25) is 17.7 Å². The largest absolute Gasteiger partial charge is 0.471 e. The van der Waals surface area contributed by atoms with Crippen molar-refractivity contribution in [2.24, 2.45) is 5.41 Å². The molecule has 0 saturated carbocycles. The van der Waals surface area contributed by atoms with Gasteiger partial charge in [0.1, 0.15) is 11.6 Å². The second kappa shape index (κ2) is 35.5. The van der Waals surface area contributed by atoms with Gasteiger partial charge in [-0.3, -0.25) is 33.6 Å². The quantitative estimate of drug-likeness (QED) is 0.0376. The molecule has 394 valence electrons. The summed E-state index contributed by atoms with van der Waals surface area (Å²) in [6.45, 7) is -1.07. The van der Waals surface area contributed by atoms with Crippen LogP contribution in [0.3, 0.4) is 0 Å². The Hall–Kier alpha value is -4.59. The van der Waals surface area contributed by atoms with Crippen molar-refractivity contribution in [2.75, 3.05) is 78.9 Å². The van der Waals surface area contributed by atoms with Gasteiger partial charge in [-0.05, 0) is 39.0 Å². The van der Waals surface area contributed by atoms with Gasteiger partial charge in [-0.1, -0.05) is 38.5 Å². The fourth-order valence-corrected chi connectivity index (χ4v) is 6.02. The van der Waals surface area contributed by atoms with E-state index in [4.69, 9.17) is 14.2 Å². The van der Waals surface area contributed by atoms with Crippen molar-refractivity contribution in [1.29, 1.82) is 0 Å². The van der Waals surface area contributed by atoms with Gasteiger partial charge in [-0.15, -0.1) is 0 Å². The minimum atomic E-state index is -5.05. The summed E-state index contributed by atoms with van der Waals surface area (Å²) < 4.78 is 129. The van der Waals surface area contributed by atoms with E-state index in [-0.39, 0.29) is 142 Å². The lowest BCUT2D eigenvalue weighted by Crippen LogP contribution is -2.41. The van der Waals surface area contributed by atoms with Crippen LogP contribution in [-0.4, -0.2) is 144 Å². The van der Waals surface area contributed by atoms with Crippen molar-refractivity contribution in [3.05, 3.63) is 0 Å². The molecule has 0 aliphatic rings. The molecule has 0 bridgehead atoms. The number of alkyl halides is 9. The fraction of sp³-hybridized carbons (Fsp3) is 0.810. The van der Waals surface area contributed by atoms with E-state index in [0.29, 0.717) is 12.8 Å². The first-order chi connectivity index (χ1) is 31.9. The Morgan fingerprint density at radius 3 is 0.941 bits per heavy atom. The Morgan fingerprint density at radius 1 is 0.368 bits per heavy atom. The maximum atomic E-state index is 13.5. The molecular formula is C42H67F9N6O11. The van der Waals surface area contributed by atoms with E-state index in [2.05, 4.69) is 16.0 Å². The van der Waals surface area contributed by atoms with Crippen LogP contribution in [0, 0.1) is 5.41 Å². The molecule has 68 heavy (non-hydrogen) atoms. The molecule has 0 aliphatic carbocycles. The molecule has 0 saturated heterocycles. The van der Waals surface area contributed by atoms with Gasteiger partial charge in [0.15, 0.2) is 0 Å². The van der Waals surface area contributed by atoms with Crippen LogP contribution in [-0.2, 0) is 52.6 Å². The highest BCUT2D eigenvalue weighted by atomic mass is 19.4. The van der Waals surface area contributed by atoms with Crippen LogP contribution in [0.2, 0.25) is 0 Å². The Labute approximate surface area is 389 Å². The summed E-state index contributed by atoms with van der Waals surface area (Å²) >= 11 is 0. The second-order valence-electron chi connectivity index (χ2n) is 16.0. The van der Waals surface area contributed by atoms with E-state index in [0.717, 1.165) is 44.9 Å². The molecule has 0 unspecified atom stereocenters. The predicted octanol–water partition coefficient (Wildman–Crippen LogP) is 4.20. The lowest BCUT2D eigenvalue weighted by Gasteiger charge is -2.33. The maximum Gasteiger partial charge on any atom is 0.471 e. The fourth-order valence-electron chi connectivity index (χ4n) is 6.02. The number of rotatable bonds is 40. The summed E-state index contributed by atoms with van der Waals surface area (Å²) in [4.78, 5) is 94.7. The molecular weight excluding hydrogens is 935 g/mol. The number of hydrogen-bond donors (Lipinski definition) is 6. The van der Waals surface area contributed by atoms with Crippen LogP contribution >= 0.6 is 0 Å². The molecule has 0 aromatic carbocycles. The minimum absolute atomic E-state index is 0.00701. The van der Waals surface area contributed by atoms with Crippen LogP contribution in [0.4, 0.5) is 39.5 Å². The van der Waals surface area contributed by atoms with Crippen LogP contribution in [0.25, 0.3) is 0 Å². The third-order valence-corrected chi connectivity index (χ3v) is 9.61. The second-order valence-corrected chi connectivity index (χ2v) is 16.0. The Bertz CT molecular complexity index is 1400. The molecule has 0 aromatic rings. The number of ketones is 2. The van der Waals surface area contributed by atoms with Crippen LogP contribution < -0.4 is 31.9 Å². The molecule has 6 amide bonds. The van der Waals surface area contributed by atoms with E-state index in [1.54, 1.807) is 22.9 Å². The van der Waals surface area contributed by atoms with Gasteiger partial charge in [-0.2, -0.15) is 39.5 Å². The summed E-state index contributed by atoms with van der Waals surface area (Å²) in [5, 5.41) is 12.5. The van der Waals surface area contributed by atoms with E-state index < -0.39 is 59.4 Å². The molecule has 0 radical (unpaired) electrons. The van der Waals surface area contributed by atoms with Gasteiger partial charge >= 0.3 is 36.3 Å². The lowest BCUT2D eigenvalue weighted by molar-refractivity contribution is -0.173. The van der Waals surface area contributed by atoms with Gasteiger partial charge in [-0.25, -0.2) is 0 Å². The summed E-state index contributed by atoms with van der Waals surface area (Å²) in [6, 6.07) is 0. The van der Waals surface area contributed by atoms with Gasteiger partial charge in [0.25, 0.3) is 0 Å². The monoisotopic (exact) mass is 1000 g/mol. The molecule has 17 nitrogen and oxygen atoms in total. The molecule has 26 heteroatoms. The Morgan fingerprint density at radius 2 is 0.647 bits per heavy atom. The molecule has 0 spiro atoms. The highest BCUT2D eigenvalue weighted by Crippen LogP contribution is 2.27. The van der Waals surface area contributed by atoms with E-state index in [9.17, 15) is 77.9 Å². The number of ether oxygens (including phenoxy) is 3. The number of carbonyl (C=O) groups is 8. The number of halogens is 9. The van der Waals surface area contributed by atoms with E-state index in [1.165, 1.54) is 0 Å². The molecule has 0 aliphatic heterocycles. The van der Waals surface area contributed by atoms with Gasteiger partial charge < -0.3 is 50.9 Å². The summed E-state index contributed by atoms with van der Waals surface area (Å²) in [6.07, 6.45) is -8.41. The number of nitrogens with one attached hydrogen (secondary N) is 6. The van der Waals surface area contributed by atoms with Crippen molar-refractivity contribution in [3.8, 4) is 0 Å². The molecule has 0 rings (SSSR count). The molecule has 6 N–H and O–H groups in total. The highest BCUT2D eigenvalue weighted by molar-refractivity contribution is 5.82. The number of carbonyl (C=O) groups excluding carboxylic acids is 8. The van der Waals surface area contributed by atoms with Gasteiger partial charge in [0, 0.05) is 83.2 Å². The lowest BCUT2D eigenvalue weighted by atomic mass is 9.84. The average molecular weight is 1000 g/mol. The molecule has 0 aromatic heterocycles. The van der Waals surface area contributed by atoms with Crippen molar-refractivity contribution in [2.45, 2.75) is 135 Å². The number of hydrogen-bond acceptors (Lipinski definition) is 11. The standard InChI is InChI=1S/C42H67F9N6O11/c1-31(58)13-8-6-4-2-3-5-7-9-14-32(59)27-39(28-66-24-15-33(60)52-18-10-21-55-36(63)40(43,44)45,29-67-25-16-34(61)53-19-11-22-56-37(64)41(46,47)48)30-68-26-17-35(62)54-20-12-23-57-38(65)42(49,50)51/h2-30H2,1H3,(H,52,60)(H,53,61)(H,54,62)(H,55,63)(H,56,64)(H,57,65). The number of amides is 6. The zero-order chi connectivity index (χ0) is 51.5. The minimum Gasteiger partial charge on any atom is -0.380 e. The third-order valence-electron chi connectivity index (χ3n) is 9.61. The highest BCUT2D eigenvalue weighted by Gasteiger charge is 2.40. The van der Waals surface area contributed by atoms with E-state index in [1.807, 2.05) is 0 Å². The molecule has 0 heterocycles. The zero-order valence-electron chi connectivity index (χ0n) is 38.4. The first-order valence-electron chi connectivity index (χ1n) is 22.5. The van der Waals surface area contributed by atoms with Crippen molar-refractivity contribution < 1.29 is 92.1 Å². The first kappa shape index (κ1) is 63.4. The first-order valence-corrected chi connectivity index (χ1v) is 22.5. The normalized spacial score (nSPS) is 12.0. The number of Topliss-reactive ketones (excluding diaryl/α,β-unsaturated/α-hetero) is 2.